The van der Waals surface area contributed by atoms with Crippen LogP contribution in [0.2, 0.25) is 0 Å². The van der Waals surface area contributed by atoms with Gasteiger partial charge in [-0.05, 0) is 12.0 Å². The summed E-state index contributed by atoms with van der Waals surface area (Å²) in [4.78, 5) is 50.8. The molecule has 0 saturated heterocycles. The fourth-order valence-electron chi connectivity index (χ4n) is 0.684. The van der Waals surface area contributed by atoms with Crippen LogP contribution in [0, 0.1) is 10.1 Å². The van der Waals surface area contributed by atoms with Crippen molar-refractivity contribution < 1.29 is 121 Å². The van der Waals surface area contributed by atoms with E-state index >= 15 is 0 Å². The Kier molecular flexibility index (Phi) is 98.4. The number of alkyl halides is 1. The molecule has 42 heavy (non-hydrogen) atoms. The number of aliphatic hydroxyl groups is 1. The van der Waals surface area contributed by atoms with Gasteiger partial charge in [0.25, 0.3) is 5.09 Å². The number of nitrogens with zero attached hydrogens (tertiary/aromatic N) is 1. The van der Waals surface area contributed by atoms with Crippen LogP contribution in [-0.2, 0) is 43.9 Å². The molecule has 0 aromatic heterocycles. The van der Waals surface area contributed by atoms with E-state index in [4.69, 9.17) is 43.2 Å². The monoisotopic (exact) mass is 831 g/mol. The fourth-order valence-corrected chi connectivity index (χ4v) is 0.684. The maximum atomic E-state index is 10.1. The molecule has 0 bridgehead atoms. The van der Waals surface area contributed by atoms with Gasteiger partial charge in [-0.2, -0.15) is 0 Å². The second-order valence-corrected chi connectivity index (χ2v) is 6.91. The molecule has 21 nitrogen and oxygen atoms in total. The van der Waals surface area contributed by atoms with E-state index in [0.29, 0.717) is 6.26 Å². The molecule has 0 aliphatic carbocycles. The molecule has 0 unspecified atom stereocenters. The van der Waals surface area contributed by atoms with Crippen molar-refractivity contribution in [2.24, 2.45) is 0 Å². The molecule has 0 amide bonds. The summed E-state index contributed by atoms with van der Waals surface area (Å²) in [6.07, 6.45) is -4.44. The minimum Gasteiger partial charge on any atom is -1.00 e. The molecular weight excluding hydrogens is 815 g/mol. The average molecular weight is 834 g/mol. The van der Waals surface area contributed by atoms with Crippen molar-refractivity contribution in [3.8, 4) is 0 Å². The average Bonchev–Trinajstić information content (AvgIpc) is 2.60. The Bertz CT molecular complexity index is 851. The molecule has 0 aliphatic heterocycles. The van der Waals surface area contributed by atoms with Crippen LogP contribution in [0.1, 0.15) is 12.8 Å². The molecule has 0 aromatic carbocycles. The summed E-state index contributed by atoms with van der Waals surface area (Å²) in [5.41, 5.74) is -2.97. The Hall–Kier alpha value is 1.13. The summed E-state index contributed by atoms with van der Waals surface area (Å²) in [6.45, 7) is 0. The van der Waals surface area contributed by atoms with Gasteiger partial charge in [-0.1, -0.05) is 15.9 Å². The van der Waals surface area contributed by atoms with Gasteiger partial charge in [0.2, 0.25) is 10.4 Å². The van der Waals surface area contributed by atoms with Crippen LogP contribution in [0.3, 0.4) is 0 Å². The zero-order valence-electron chi connectivity index (χ0n) is 21.9. The van der Waals surface area contributed by atoms with E-state index in [1.54, 1.807) is 0 Å². The maximum absolute atomic E-state index is 10.1. The Morgan fingerprint density at radius 3 is 1.07 bits per heavy atom. The van der Waals surface area contributed by atoms with Crippen molar-refractivity contribution in [2.75, 3.05) is 26.3 Å². The van der Waals surface area contributed by atoms with Crippen molar-refractivity contribution >= 4 is 163 Å². The largest absolute Gasteiger partial charge is 3.00 e. The van der Waals surface area contributed by atoms with Gasteiger partial charge in [-0.15, -0.1) is 34.9 Å². The van der Waals surface area contributed by atoms with E-state index in [9.17, 15) is 42.7 Å². The predicted molar refractivity (Wildman–Crippen MR) is 128 cm³/mol. The van der Waals surface area contributed by atoms with Gasteiger partial charge in [0, 0.05) is 31.0 Å². The minimum absolute atomic E-state index is 0. The molecule has 0 heterocycles. The molecule has 0 spiro atoms. The number of carboxylic acid groups (broad SMARTS) is 5. The van der Waals surface area contributed by atoms with Crippen molar-refractivity contribution in [1.82, 2.24) is 0 Å². The molecule has 0 aliphatic rings. The summed E-state index contributed by atoms with van der Waals surface area (Å²) in [6, 6.07) is 0. The number of aliphatic carboxylic acids is 3. The molecule has 0 atom stereocenters. The minimum atomic E-state index is -4.41. The third kappa shape index (κ3) is 135. The van der Waals surface area contributed by atoms with E-state index in [1.165, 1.54) is 0 Å². The fraction of sp³-hybridized carbons (Fsp3) is 0.636. The number of rotatable bonds is 7. The summed E-state index contributed by atoms with van der Waals surface area (Å²) < 4.78 is 58.2. The molecule has 0 fully saturated rings. The number of hydrogen-bond donors (Lipinski definition) is 1. The van der Waals surface area contributed by atoms with E-state index in [1.807, 2.05) is 5.83 Å². The normalized spacial score (nSPS) is 7.90. The zero-order chi connectivity index (χ0) is 30.2. The molecule has 31 heteroatoms. The van der Waals surface area contributed by atoms with Crippen LogP contribution < -0.4 is 56.8 Å². The van der Waals surface area contributed by atoms with Gasteiger partial charge in [0.15, 0.2) is 0 Å². The Morgan fingerprint density at radius 1 is 0.881 bits per heavy atom. The predicted octanol–water partition coefficient (Wildman–Crippen LogP) is -14.9. The number of carboxylic acids is 3. The van der Waals surface area contributed by atoms with Crippen LogP contribution in [0.25, 0.3) is 0 Å². The van der Waals surface area contributed by atoms with E-state index < -0.39 is 68.1 Å². The summed E-state index contributed by atoms with van der Waals surface area (Å²) in [5.74, 6) is -4.17. The van der Waals surface area contributed by atoms with Gasteiger partial charge in [0.1, 0.15) is 5.60 Å². The van der Waals surface area contributed by atoms with Gasteiger partial charge in [-0.25, -0.2) is 16.8 Å². The topological polar surface area (TPSA) is 380 Å². The van der Waals surface area contributed by atoms with E-state index in [0.717, 1.165) is 14.2 Å². The first-order chi connectivity index (χ1) is 15.3. The first-order valence-corrected chi connectivity index (χ1v) is 11.8. The van der Waals surface area contributed by atoms with Crippen LogP contribution >= 0.6 is 40.7 Å². The molecule has 1 N–H and O–H groups in total. The van der Waals surface area contributed by atoms with Crippen molar-refractivity contribution in [3.05, 3.63) is 10.1 Å². The summed E-state index contributed by atoms with van der Waals surface area (Å²) in [5, 5.41) is 63.7. The zero-order valence-corrected chi connectivity index (χ0v) is 32.3. The third-order valence-electron chi connectivity index (χ3n) is 1.61. The first kappa shape index (κ1) is 84.3. The third-order valence-corrected chi connectivity index (χ3v) is 2.01. The number of hydrogen-bond acceptors (Lipinski definition) is 20. The molecule has 0 rings (SSSR count). The van der Waals surface area contributed by atoms with Crippen molar-refractivity contribution in [2.45, 2.75) is 18.4 Å². The summed E-state index contributed by atoms with van der Waals surface area (Å²) in [7, 11) is -6.52. The van der Waals surface area contributed by atoms with Crippen molar-refractivity contribution in [3.63, 3.8) is 0 Å². The van der Waals surface area contributed by atoms with Gasteiger partial charge in [-0.3, -0.25) is 4.18 Å². The van der Waals surface area contributed by atoms with Crippen LogP contribution in [-0.4, -0.2) is 170 Å². The molecule has 0 aromatic rings. The Morgan fingerprint density at radius 2 is 1.02 bits per heavy atom. The SMILES string of the molecule is CBr.COS(=O)(=O)[O-].CO[N+](=O)[O-].CS(=O)(=O)[O-].Cl.Cl.O=C([O-])CC(O)(CC(=O)[O-])C(=O)[O-].O=C([O-])[O-].[Al+3].[Ca+2].[Cl-].[Li+].[Mg+2]. The standard InChI is InChI=1S/C6H8O7.CH3Br.CH3NO3.CH4O4S.CH4O3S.CH2O3.Al.Ca.3ClH.Li.Mg/c7-3(8)1-6(13,5(11)12)2-4(9)10;1-2;1-5-2(3)4;1-5-6(2,3)4;1-5(2,3)4;2-1(3)4;;;;;;;/h13H,1-2H2,(H,7,8)(H,9,10)(H,11,12);1H3;1H3;1H3,(H,2,3,4);1H3,(H,2,3,4);(H2,2,3,4);;;3*1H;;/q;;;;;;+3;+2;;;;+1;+2/p-8. The van der Waals surface area contributed by atoms with E-state index in [-0.39, 0.29) is 134 Å². The Labute approximate surface area is 335 Å². The van der Waals surface area contributed by atoms with Gasteiger partial charge < -0.3 is 76.2 Å². The molecule has 0 radical (unpaired) electrons. The molecule has 236 valence electrons. The smallest absolute Gasteiger partial charge is 1.00 e. The molecule has 0 saturated carbocycles. The van der Waals surface area contributed by atoms with Crippen molar-refractivity contribution in [1.29, 1.82) is 0 Å². The van der Waals surface area contributed by atoms with Gasteiger partial charge in [0.05, 0.1) is 30.3 Å². The second kappa shape index (κ2) is 49.0. The maximum Gasteiger partial charge on any atom is 3.00 e. The van der Waals surface area contributed by atoms with Crippen LogP contribution in [0.15, 0.2) is 0 Å². The quantitative estimate of drug-likeness (QED) is 0.0621. The van der Waals surface area contributed by atoms with E-state index in [2.05, 4.69) is 25.0 Å². The Balaban J connectivity index is -0.0000000230. The second-order valence-electron chi connectivity index (χ2n) is 4.35. The van der Waals surface area contributed by atoms with Crippen LogP contribution in [0.5, 0.6) is 0 Å². The van der Waals surface area contributed by atoms with Gasteiger partial charge >= 0.3 is 97.0 Å². The number of carbonyl (C=O) groups is 4. The number of halogens is 4. The molecular formula is C11H19AlBrCaCl3LiMgNO20S2. The van der Waals surface area contributed by atoms with Crippen LogP contribution in [0.4, 0.5) is 4.79 Å². The summed E-state index contributed by atoms with van der Waals surface area (Å²) >= 11 is 2.94. The number of carbonyl (C=O) groups excluding carboxylic acids is 4. The first-order valence-electron chi connectivity index (χ1n) is 7.04.